The third-order valence-electron chi connectivity index (χ3n) is 4.15. The summed E-state index contributed by atoms with van der Waals surface area (Å²) in [5.74, 6) is 0.841. The van der Waals surface area contributed by atoms with E-state index in [1.165, 1.54) is 24.0 Å². The van der Waals surface area contributed by atoms with Crippen molar-refractivity contribution in [2.24, 2.45) is 5.92 Å². The summed E-state index contributed by atoms with van der Waals surface area (Å²) < 4.78 is 0. The zero-order valence-corrected chi connectivity index (χ0v) is 12.2. The van der Waals surface area contributed by atoms with Gasteiger partial charge in [0.05, 0.1) is 0 Å². The molecule has 0 aromatic heterocycles. The number of aliphatic hydroxyl groups is 1. The van der Waals surface area contributed by atoms with Gasteiger partial charge < -0.3 is 10.4 Å². The van der Waals surface area contributed by atoms with E-state index in [-0.39, 0.29) is 6.61 Å². The maximum absolute atomic E-state index is 9.12. The normalized spacial score (nSPS) is 18.3. The van der Waals surface area contributed by atoms with Crippen molar-refractivity contribution in [3.63, 3.8) is 0 Å². The molecule has 2 nitrogen and oxygen atoms in total. The van der Waals surface area contributed by atoms with Crippen LogP contribution in [0.5, 0.6) is 0 Å². The lowest BCUT2D eigenvalue weighted by molar-refractivity contribution is 0.251. The number of aliphatic hydroxyl groups excluding tert-OH is 1. The van der Waals surface area contributed by atoms with Crippen LogP contribution in [0.2, 0.25) is 0 Å². The Morgan fingerprint density at radius 1 is 1.37 bits per heavy atom. The highest BCUT2D eigenvalue weighted by molar-refractivity contribution is 5.23. The first-order valence-electron chi connectivity index (χ1n) is 7.65. The number of hydrogen-bond donors (Lipinski definition) is 2. The van der Waals surface area contributed by atoms with E-state index in [1.54, 1.807) is 0 Å². The molecule has 0 bridgehead atoms. The lowest BCUT2D eigenvalue weighted by Gasteiger charge is -2.25. The van der Waals surface area contributed by atoms with Crippen LogP contribution >= 0.6 is 0 Å². The van der Waals surface area contributed by atoms with Gasteiger partial charge in [0.2, 0.25) is 0 Å². The number of rotatable bonds is 8. The van der Waals surface area contributed by atoms with E-state index in [0.29, 0.717) is 12.1 Å². The summed E-state index contributed by atoms with van der Waals surface area (Å²) in [5, 5.41) is 12.9. The van der Waals surface area contributed by atoms with Crippen molar-refractivity contribution < 1.29 is 5.11 Å². The van der Waals surface area contributed by atoms with Crippen LogP contribution in [0.1, 0.15) is 43.7 Å². The Morgan fingerprint density at radius 2 is 2.16 bits per heavy atom. The summed E-state index contributed by atoms with van der Waals surface area (Å²) in [7, 11) is 0. The Bertz CT molecular complexity index is 387. The van der Waals surface area contributed by atoms with E-state index in [4.69, 9.17) is 5.11 Å². The highest BCUT2D eigenvalue weighted by atomic mass is 16.3. The third-order valence-corrected chi connectivity index (χ3v) is 4.15. The summed E-state index contributed by atoms with van der Waals surface area (Å²) in [4.78, 5) is 0. The van der Waals surface area contributed by atoms with Gasteiger partial charge >= 0.3 is 0 Å². The second-order valence-electron chi connectivity index (χ2n) is 5.92. The van der Waals surface area contributed by atoms with E-state index < -0.39 is 0 Å². The van der Waals surface area contributed by atoms with Crippen LogP contribution in [0.4, 0.5) is 0 Å². The van der Waals surface area contributed by atoms with E-state index in [0.717, 1.165) is 25.2 Å². The minimum Gasteiger partial charge on any atom is -0.396 e. The van der Waals surface area contributed by atoms with Gasteiger partial charge in [-0.25, -0.2) is 0 Å². The molecule has 1 aliphatic rings. The van der Waals surface area contributed by atoms with Gasteiger partial charge in [-0.05, 0) is 50.5 Å². The fourth-order valence-corrected chi connectivity index (χ4v) is 2.82. The Balaban J connectivity index is 1.96. The highest BCUT2D eigenvalue weighted by Gasteiger charge is 2.32. The molecule has 0 aliphatic heterocycles. The first-order chi connectivity index (χ1) is 9.22. The molecule has 2 atom stereocenters. The minimum atomic E-state index is 0.285. The van der Waals surface area contributed by atoms with Crippen molar-refractivity contribution >= 4 is 0 Å². The van der Waals surface area contributed by atoms with Crippen LogP contribution in [0.15, 0.2) is 24.3 Å². The number of nitrogens with one attached hydrogen (secondary N) is 1. The van der Waals surface area contributed by atoms with Crippen molar-refractivity contribution in [1.29, 1.82) is 0 Å². The van der Waals surface area contributed by atoms with Crippen LogP contribution in [0, 0.1) is 12.8 Å². The van der Waals surface area contributed by atoms with Crippen molar-refractivity contribution in [1.82, 2.24) is 5.32 Å². The summed E-state index contributed by atoms with van der Waals surface area (Å²) in [5.41, 5.74) is 2.78. The fraction of sp³-hybridized carbons (Fsp3) is 0.647. The molecule has 106 valence electrons. The number of benzene rings is 1. The van der Waals surface area contributed by atoms with Gasteiger partial charge in [0.15, 0.2) is 0 Å². The van der Waals surface area contributed by atoms with Crippen LogP contribution in [-0.2, 0) is 6.42 Å². The van der Waals surface area contributed by atoms with E-state index in [1.807, 2.05) is 0 Å². The molecule has 2 unspecified atom stereocenters. The maximum atomic E-state index is 9.12. The van der Waals surface area contributed by atoms with Gasteiger partial charge in [-0.15, -0.1) is 0 Å². The van der Waals surface area contributed by atoms with Crippen molar-refractivity contribution in [2.75, 3.05) is 6.61 Å². The van der Waals surface area contributed by atoms with Crippen LogP contribution < -0.4 is 5.32 Å². The average Bonchev–Trinajstić information content (AvgIpc) is 3.21. The van der Waals surface area contributed by atoms with Crippen LogP contribution in [0.25, 0.3) is 0 Å². The zero-order valence-electron chi connectivity index (χ0n) is 12.2. The highest BCUT2D eigenvalue weighted by Crippen LogP contribution is 2.34. The van der Waals surface area contributed by atoms with Gasteiger partial charge in [-0.3, -0.25) is 0 Å². The zero-order chi connectivity index (χ0) is 13.7. The maximum Gasteiger partial charge on any atom is 0.0445 e. The second-order valence-corrected chi connectivity index (χ2v) is 5.92. The molecule has 0 spiro atoms. The minimum absolute atomic E-state index is 0.285. The largest absolute Gasteiger partial charge is 0.396 e. The van der Waals surface area contributed by atoms with E-state index in [2.05, 4.69) is 43.4 Å². The summed E-state index contributed by atoms with van der Waals surface area (Å²) >= 11 is 0. The molecule has 2 rings (SSSR count). The first kappa shape index (κ1) is 14.5. The second kappa shape index (κ2) is 7.06. The molecular formula is C17H27NO. The van der Waals surface area contributed by atoms with E-state index in [9.17, 15) is 0 Å². The molecule has 0 amide bonds. The molecule has 1 saturated carbocycles. The number of aryl methyl sites for hydroxylation is 1. The quantitative estimate of drug-likeness (QED) is 0.754. The van der Waals surface area contributed by atoms with Gasteiger partial charge in [-0.1, -0.05) is 36.8 Å². The monoisotopic (exact) mass is 261 g/mol. The predicted octanol–water partition coefficient (Wildman–Crippen LogP) is 3.07. The molecular weight excluding hydrogens is 234 g/mol. The summed E-state index contributed by atoms with van der Waals surface area (Å²) in [6.07, 6.45) is 5.80. The molecule has 19 heavy (non-hydrogen) atoms. The topological polar surface area (TPSA) is 32.3 Å². The number of hydrogen-bond acceptors (Lipinski definition) is 2. The average molecular weight is 261 g/mol. The fourth-order valence-electron chi connectivity index (χ4n) is 2.82. The van der Waals surface area contributed by atoms with Gasteiger partial charge in [-0.2, -0.15) is 0 Å². The molecule has 1 aromatic carbocycles. The first-order valence-corrected chi connectivity index (χ1v) is 7.65. The molecule has 2 N–H and O–H groups in total. The lowest BCUT2D eigenvalue weighted by Crippen LogP contribution is -2.41. The van der Waals surface area contributed by atoms with Gasteiger partial charge in [0.25, 0.3) is 0 Å². The molecule has 1 aliphatic carbocycles. The predicted molar refractivity (Wildman–Crippen MR) is 80.3 cm³/mol. The smallest absolute Gasteiger partial charge is 0.0445 e. The molecule has 0 radical (unpaired) electrons. The molecule has 0 heterocycles. The van der Waals surface area contributed by atoms with Crippen molar-refractivity contribution in [3.05, 3.63) is 35.4 Å². The summed E-state index contributed by atoms with van der Waals surface area (Å²) in [6.45, 7) is 4.64. The van der Waals surface area contributed by atoms with Crippen molar-refractivity contribution in [2.45, 2.75) is 58.0 Å². The molecule has 2 heteroatoms. The Hall–Kier alpha value is -0.860. The molecule has 1 fully saturated rings. The van der Waals surface area contributed by atoms with Crippen LogP contribution in [0.3, 0.4) is 0 Å². The SMILES string of the molecule is CCC(CCO)NC(Cc1cccc(C)c1)C1CC1. The van der Waals surface area contributed by atoms with Gasteiger partial charge in [0.1, 0.15) is 0 Å². The van der Waals surface area contributed by atoms with Gasteiger partial charge in [0, 0.05) is 18.7 Å². The standard InChI is InChI=1S/C17H27NO/c1-3-16(9-10-19)18-17(15-7-8-15)12-14-6-4-5-13(2)11-14/h4-6,11,15-19H,3,7-10,12H2,1-2H3. The Morgan fingerprint density at radius 3 is 2.74 bits per heavy atom. The van der Waals surface area contributed by atoms with E-state index >= 15 is 0 Å². The Labute approximate surface area is 117 Å². The molecule has 0 saturated heterocycles. The Kier molecular flexibility index (Phi) is 5.41. The van der Waals surface area contributed by atoms with Crippen molar-refractivity contribution in [3.8, 4) is 0 Å². The third kappa shape index (κ3) is 4.63. The molecule has 1 aromatic rings. The van der Waals surface area contributed by atoms with Crippen LogP contribution in [-0.4, -0.2) is 23.8 Å². The summed E-state index contributed by atoms with van der Waals surface area (Å²) in [6, 6.07) is 9.88. The lowest BCUT2D eigenvalue weighted by atomic mass is 9.99.